The molecule has 1 amide bonds. The summed E-state index contributed by atoms with van der Waals surface area (Å²) < 4.78 is 10.1. The summed E-state index contributed by atoms with van der Waals surface area (Å²) in [6.07, 6.45) is 1.70. The molecule has 1 unspecified atom stereocenters. The smallest absolute Gasteiger partial charge is 0.337 e. The average molecular weight is 455 g/mol. The van der Waals surface area contributed by atoms with Crippen LogP contribution in [0, 0.1) is 5.92 Å². The molecule has 0 aliphatic carbocycles. The molecular weight excluding hydrogens is 432 g/mol. The van der Waals surface area contributed by atoms with Gasteiger partial charge in [0.15, 0.2) is 0 Å². The van der Waals surface area contributed by atoms with Gasteiger partial charge in [0, 0.05) is 17.8 Å². The number of hydrogen-bond donors (Lipinski definition) is 1. The fourth-order valence-corrected chi connectivity index (χ4v) is 3.95. The highest BCUT2D eigenvalue weighted by Crippen LogP contribution is 2.26. The van der Waals surface area contributed by atoms with Crippen molar-refractivity contribution in [2.45, 2.75) is 19.4 Å². The van der Waals surface area contributed by atoms with E-state index in [0.29, 0.717) is 41.1 Å². The predicted molar refractivity (Wildman–Crippen MR) is 119 cm³/mol. The SMILES string of the molecule is COC(=O)c1ccc(NC(=O)C2CCCN(Cc3nc(-c4ccccc4Cl)no3)C2)cc1. The van der Waals surface area contributed by atoms with Gasteiger partial charge in [-0.05, 0) is 55.8 Å². The number of rotatable bonds is 6. The normalized spacial score (nSPS) is 16.5. The summed E-state index contributed by atoms with van der Waals surface area (Å²) in [6, 6.07) is 14.0. The van der Waals surface area contributed by atoms with Crippen molar-refractivity contribution in [3.8, 4) is 11.4 Å². The minimum atomic E-state index is -0.412. The maximum Gasteiger partial charge on any atom is 0.337 e. The minimum absolute atomic E-state index is 0.0530. The number of likely N-dealkylation sites (tertiary alicyclic amines) is 1. The number of carbonyl (C=O) groups is 2. The van der Waals surface area contributed by atoms with Gasteiger partial charge in [-0.1, -0.05) is 28.9 Å². The second kappa shape index (κ2) is 9.93. The molecule has 1 aliphatic heterocycles. The number of piperidine rings is 1. The van der Waals surface area contributed by atoms with Gasteiger partial charge in [0.1, 0.15) is 0 Å². The fourth-order valence-electron chi connectivity index (χ4n) is 3.73. The summed E-state index contributed by atoms with van der Waals surface area (Å²) in [5, 5.41) is 7.53. The van der Waals surface area contributed by atoms with Crippen molar-refractivity contribution in [2.24, 2.45) is 5.92 Å². The maximum atomic E-state index is 12.8. The number of ether oxygens (including phenoxy) is 1. The number of amides is 1. The Bertz CT molecular complexity index is 1100. The van der Waals surface area contributed by atoms with E-state index in [1.807, 2.05) is 18.2 Å². The Labute approximate surface area is 190 Å². The van der Waals surface area contributed by atoms with Crippen molar-refractivity contribution in [3.63, 3.8) is 0 Å². The van der Waals surface area contributed by atoms with E-state index >= 15 is 0 Å². The summed E-state index contributed by atoms with van der Waals surface area (Å²) in [5.74, 6) is 0.314. The van der Waals surface area contributed by atoms with Gasteiger partial charge in [-0.2, -0.15) is 4.98 Å². The molecule has 0 bridgehead atoms. The number of aromatic nitrogens is 2. The van der Waals surface area contributed by atoms with Gasteiger partial charge in [0.05, 0.1) is 30.2 Å². The third kappa shape index (κ3) is 5.15. The number of anilines is 1. The van der Waals surface area contributed by atoms with Crippen LogP contribution in [0.15, 0.2) is 53.1 Å². The second-order valence-corrected chi connectivity index (χ2v) is 8.03. The molecule has 9 heteroatoms. The Hall–Kier alpha value is -3.23. The molecule has 1 aromatic heterocycles. The van der Waals surface area contributed by atoms with E-state index < -0.39 is 5.97 Å². The molecule has 2 aromatic carbocycles. The Kier molecular flexibility index (Phi) is 6.82. The van der Waals surface area contributed by atoms with Gasteiger partial charge >= 0.3 is 5.97 Å². The minimum Gasteiger partial charge on any atom is -0.465 e. The number of carbonyl (C=O) groups excluding carboxylic acids is 2. The molecule has 0 radical (unpaired) electrons. The largest absolute Gasteiger partial charge is 0.465 e. The zero-order chi connectivity index (χ0) is 22.5. The highest BCUT2D eigenvalue weighted by atomic mass is 35.5. The topological polar surface area (TPSA) is 97.6 Å². The van der Waals surface area contributed by atoms with E-state index in [4.69, 9.17) is 16.1 Å². The van der Waals surface area contributed by atoms with Crippen LogP contribution in [0.25, 0.3) is 11.4 Å². The number of hydrogen-bond acceptors (Lipinski definition) is 7. The van der Waals surface area contributed by atoms with Crippen molar-refractivity contribution < 1.29 is 18.8 Å². The highest BCUT2D eigenvalue weighted by Gasteiger charge is 2.27. The van der Waals surface area contributed by atoms with Crippen molar-refractivity contribution >= 4 is 29.2 Å². The zero-order valence-corrected chi connectivity index (χ0v) is 18.3. The van der Waals surface area contributed by atoms with Gasteiger partial charge in [-0.3, -0.25) is 9.69 Å². The van der Waals surface area contributed by atoms with Gasteiger partial charge in [-0.15, -0.1) is 0 Å². The summed E-state index contributed by atoms with van der Waals surface area (Å²) in [4.78, 5) is 30.9. The van der Waals surface area contributed by atoms with Gasteiger partial charge in [-0.25, -0.2) is 4.79 Å². The summed E-state index contributed by atoms with van der Waals surface area (Å²) >= 11 is 6.21. The molecular formula is C23H23ClN4O4. The Balaban J connectivity index is 1.35. The molecule has 3 aromatic rings. The molecule has 0 spiro atoms. The lowest BCUT2D eigenvalue weighted by Crippen LogP contribution is -2.40. The van der Waals surface area contributed by atoms with E-state index in [2.05, 4.69) is 25.1 Å². The highest BCUT2D eigenvalue weighted by molar-refractivity contribution is 6.33. The molecule has 8 nitrogen and oxygen atoms in total. The van der Waals surface area contributed by atoms with Crippen LogP contribution in [-0.4, -0.2) is 47.1 Å². The average Bonchev–Trinajstić information content (AvgIpc) is 3.27. The molecule has 1 N–H and O–H groups in total. The van der Waals surface area contributed by atoms with Crippen LogP contribution in [-0.2, 0) is 16.1 Å². The van der Waals surface area contributed by atoms with Crippen LogP contribution in [0.3, 0.4) is 0 Å². The predicted octanol–water partition coefficient (Wildman–Crippen LogP) is 4.03. The van der Waals surface area contributed by atoms with Crippen molar-refractivity contribution in [1.82, 2.24) is 15.0 Å². The number of halogens is 1. The van der Waals surface area contributed by atoms with Gasteiger partial charge in [0.2, 0.25) is 17.6 Å². The first-order valence-electron chi connectivity index (χ1n) is 10.3. The molecule has 1 aliphatic rings. The molecule has 1 fully saturated rings. The number of methoxy groups -OCH3 is 1. The van der Waals surface area contributed by atoms with E-state index in [9.17, 15) is 9.59 Å². The van der Waals surface area contributed by atoms with Crippen LogP contribution < -0.4 is 5.32 Å². The fraction of sp³-hybridized carbons (Fsp3) is 0.304. The van der Waals surface area contributed by atoms with Crippen LogP contribution >= 0.6 is 11.6 Å². The lowest BCUT2D eigenvalue weighted by atomic mass is 9.97. The van der Waals surface area contributed by atoms with Crippen molar-refractivity contribution in [1.29, 1.82) is 0 Å². The number of nitrogens with zero attached hydrogens (tertiary/aromatic N) is 3. The Morgan fingerprint density at radius 3 is 2.75 bits per heavy atom. The molecule has 2 heterocycles. The van der Waals surface area contributed by atoms with Crippen molar-refractivity contribution in [2.75, 3.05) is 25.5 Å². The summed E-state index contributed by atoms with van der Waals surface area (Å²) in [5.41, 5.74) is 1.80. The molecule has 1 atom stereocenters. The first-order valence-corrected chi connectivity index (χ1v) is 10.7. The third-order valence-corrected chi connectivity index (χ3v) is 5.72. The van der Waals surface area contributed by atoms with E-state index in [-0.39, 0.29) is 11.8 Å². The summed E-state index contributed by atoms with van der Waals surface area (Å²) in [6.45, 7) is 1.91. The second-order valence-electron chi connectivity index (χ2n) is 7.62. The first-order chi connectivity index (χ1) is 15.5. The molecule has 1 saturated heterocycles. The maximum absolute atomic E-state index is 12.8. The first kappa shape index (κ1) is 22.0. The van der Waals surface area contributed by atoms with Crippen LogP contribution in [0.1, 0.15) is 29.1 Å². The van der Waals surface area contributed by atoms with Crippen molar-refractivity contribution in [3.05, 3.63) is 65.0 Å². The van der Waals surface area contributed by atoms with Gasteiger partial charge in [0.25, 0.3) is 0 Å². The number of benzene rings is 2. The van der Waals surface area contributed by atoms with E-state index in [0.717, 1.165) is 24.9 Å². The zero-order valence-electron chi connectivity index (χ0n) is 17.6. The monoisotopic (exact) mass is 454 g/mol. The quantitative estimate of drug-likeness (QED) is 0.561. The third-order valence-electron chi connectivity index (χ3n) is 5.39. The molecule has 4 rings (SSSR count). The standard InChI is InChI=1S/C23H23ClN4O4/c1-31-23(30)15-8-10-17(11-9-15)25-22(29)16-5-4-12-28(13-16)14-20-26-21(27-32-20)18-6-2-3-7-19(18)24/h2-3,6-11,16H,4-5,12-14H2,1H3,(H,25,29). The number of esters is 1. The molecule has 0 saturated carbocycles. The van der Waals surface area contributed by atoms with Crippen LogP contribution in [0.2, 0.25) is 5.02 Å². The number of nitrogens with one attached hydrogen (secondary N) is 1. The lowest BCUT2D eigenvalue weighted by molar-refractivity contribution is -0.121. The van der Waals surface area contributed by atoms with Gasteiger partial charge < -0.3 is 14.6 Å². The molecule has 32 heavy (non-hydrogen) atoms. The lowest BCUT2D eigenvalue weighted by Gasteiger charge is -2.30. The van der Waals surface area contributed by atoms with Crippen LogP contribution in [0.5, 0.6) is 0 Å². The molecule has 166 valence electrons. The van der Waals surface area contributed by atoms with Crippen LogP contribution in [0.4, 0.5) is 5.69 Å². The Morgan fingerprint density at radius 1 is 1.22 bits per heavy atom. The Morgan fingerprint density at radius 2 is 2.00 bits per heavy atom. The summed E-state index contributed by atoms with van der Waals surface area (Å²) in [7, 11) is 1.33. The van der Waals surface area contributed by atoms with E-state index in [1.165, 1.54) is 7.11 Å². The van der Waals surface area contributed by atoms with E-state index in [1.54, 1.807) is 30.3 Å².